The van der Waals surface area contributed by atoms with Gasteiger partial charge < -0.3 is 4.90 Å². The summed E-state index contributed by atoms with van der Waals surface area (Å²) < 4.78 is 1.57. The van der Waals surface area contributed by atoms with Gasteiger partial charge in [-0.15, -0.1) is 5.10 Å². The summed E-state index contributed by atoms with van der Waals surface area (Å²) in [7, 11) is 3.78. The number of aryl methyl sites for hydroxylation is 1. The first-order chi connectivity index (χ1) is 11.3. The van der Waals surface area contributed by atoms with Gasteiger partial charge in [0, 0.05) is 37.0 Å². The fourth-order valence-electron chi connectivity index (χ4n) is 3.05. The van der Waals surface area contributed by atoms with Crippen molar-refractivity contribution in [3.63, 3.8) is 0 Å². The van der Waals surface area contributed by atoms with E-state index in [2.05, 4.69) is 46.4 Å². The average Bonchev–Trinajstić information content (AvgIpc) is 3.03. The van der Waals surface area contributed by atoms with Crippen LogP contribution in [-0.4, -0.2) is 38.3 Å². The number of allylic oxidation sites excluding steroid dienone is 2. The number of rotatable bonds is 4. The molecule has 0 spiro atoms. The molecule has 1 aliphatic heterocycles. The Morgan fingerprint density at radius 3 is 2.62 bits per heavy atom. The van der Waals surface area contributed by atoms with Crippen LogP contribution in [0.25, 0.3) is 0 Å². The van der Waals surface area contributed by atoms with Crippen LogP contribution in [0.15, 0.2) is 41.2 Å². The molecule has 1 aliphatic rings. The highest BCUT2D eigenvalue weighted by molar-refractivity contribution is 8.00. The molecular formula is C17H21N5OS. The van der Waals surface area contributed by atoms with E-state index in [-0.39, 0.29) is 16.4 Å². The van der Waals surface area contributed by atoms with Gasteiger partial charge in [-0.3, -0.25) is 4.79 Å². The molecule has 1 unspecified atom stereocenters. The molecule has 6 nitrogen and oxygen atoms in total. The lowest BCUT2D eigenvalue weighted by atomic mass is 9.83. The highest BCUT2D eigenvalue weighted by Gasteiger charge is 2.38. The Morgan fingerprint density at radius 2 is 2.00 bits per heavy atom. The molecule has 2 heterocycles. The van der Waals surface area contributed by atoms with Crippen LogP contribution < -0.4 is 4.90 Å². The predicted octanol–water partition coefficient (Wildman–Crippen LogP) is 2.57. The van der Waals surface area contributed by atoms with Gasteiger partial charge in [0.2, 0.25) is 5.16 Å². The Morgan fingerprint density at radius 1 is 1.29 bits per heavy atom. The van der Waals surface area contributed by atoms with Crippen molar-refractivity contribution in [2.45, 2.75) is 36.6 Å². The van der Waals surface area contributed by atoms with Crippen molar-refractivity contribution < 1.29 is 4.79 Å². The smallest absolute Gasteiger partial charge is 0.209 e. The van der Waals surface area contributed by atoms with Gasteiger partial charge >= 0.3 is 0 Å². The van der Waals surface area contributed by atoms with Crippen LogP contribution in [0.4, 0.5) is 5.69 Å². The van der Waals surface area contributed by atoms with E-state index in [1.54, 1.807) is 17.8 Å². The van der Waals surface area contributed by atoms with E-state index in [9.17, 15) is 4.79 Å². The van der Waals surface area contributed by atoms with E-state index in [0.29, 0.717) is 5.16 Å². The first-order valence-corrected chi connectivity index (χ1v) is 8.68. The van der Waals surface area contributed by atoms with Crippen molar-refractivity contribution in [3.05, 3.63) is 41.6 Å². The van der Waals surface area contributed by atoms with Crippen LogP contribution >= 0.6 is 11.8 Å². The molecule has 2 aromatic rings. The topological polar surface area (TPSA) is 63.9 Å². The number of carbonyl (C=O) groups excluding carboxylic acids is 1. The lowest BCUT2D eigenvalue weighted by Gasteiger charge is -2.24. The first kappa shape index (κ1) is 16.7. The molecule has 7 heteroatoms. The second-order valence-electron chi connectivity index (χ2n) is 6.48. The molecule has 0 saturated carbocycles. The standard InChI is InChI=1S/C17H21N5OS/c1-11(24-16-18-19-20-22(16)5)14(23)10-15-17(2,3)12-8-6-7-9-13(12)21(15)4/h6-11H,1-5H3/b15-10+. The summed E-state index contributed by atoms with van der Waals surface area (Å²) >= 11 is 1.37. The van der Waals surface area contributed by atoms with Crippen molar-refractivity contribution in [1.29, 1.82) is 0 Å². The van der Waals surface area contributed by atoms with Gasteiger partial charge in [0.05, 0.1) is 5.25 Å². The van der Waals surface area contributed by atoms with E-state index in [1.165, 1.54) is 17.3 Å². The van der Waals surface area contributed by atoms with Crippen molar-refractivity contribution in [2.75, 3.05) is 11.9 Å². The first-order valence-electron chi connectivity index (χ1n) is 7.80. The zero-order valence-corrected chi connectivity index (χ0v) is 15.3. The largest absolute Gasteiger partial charge is 0.347 e. The minimum atomic E-state index is -0.255. The van der Waals surface area contributed by atoms with Crippen LogP contribution in [0, 0.1) is 0 Å². The number of likely N-dealkylation sites (N-methyl/N-ethyl adjacent to an activating group) is 1. The molecule has 3 rings (SSSR count). The van der Waals surface area contributed by atoms with Crippen LogP contribution in [-0.2, 0) is 17.3 Å². The summed E-state index contributed by atoms with van der Waals surface area (Å²) in [5.41, 5.74) is 3.21. The Hall–Kier alpha value is -2.15. The maximum atomic E-state index is 12.7. The Labute approximate surface area is 145 Å². The molecule has 24 heavy (non-hydrogen) atoms. The van der Waals surface area contributed by atoms with E-state index in [0.717, 1.165) is 11.4 Å². The SMILES string of the molecule is CC(Sc1nnnn1C)C(=O)/C=C1/N(C)c2ccccc2C1(C)C. The highest BCUT2D eigenvalue weighted by Crippen LogP contribution is 2.46. The molecule has 0 fully saturated rings. The summed E-state index contributed by atoms with van der Waals surface area (Å²) in [6, 6.07) is 8.28. The summed E-state index contributed by atoms with van der Waals surface area (Å²) in [6.45, 7) is 6.19. The number of ketones is 1. The van der Waals surface area contributed by atoms with E-state index < -0.39 is 0 Å². The molecule has 0 aliphatic carbocycles. The van der Waals surface area contributed by atoms with E-state index in [1.807, 2.05) is 26.1 Å². The van der Waals surface area contributed by atoms with Gasteiger partial charge in [-0.1, -0.05) is 43.8 Å². The summed E-state index contributed by atoms with van der Waals surface area (Å²) in [4.78, 5) is 14.8. The number of aromatic nitrogens is 4. The third-order valence-electron chi connectivity index (χ3n) is 4.48. The maximum Gasteiger partial charge on any atom is 0.209 e. The number of fused-ring (bicyclic) bond motifs is 1. The molecule has 1 aromatic heterocycles. The molecule has 0 N–H and O–H groups in total. The fourth-order valence-corrected chi connectivity index (χ4v) is 3.82. The van der Waals surface area contributed by atoms with Crippen molar-refractivity contribution in [3.8, 4) is 0 Å². The summed E-state index contributed by atoms with van der Waals surface area (Å²) in [5.74, 6) is 0.0609. The Bertz CT molecular complexity index is 811. The molecular weight excluding hydrogens is 322 g/mol. The minimum absolute atomic E-state index is 0.0609. The highest BCUT2D eigenvalue weighted by atomic mass is 32.2. The molecule has 1 aromatic carbocycles. The summed E-state index contributed by atoms with van der Waals surface area (Å²) in [5, 5.41) is 11.7. The van der Waals surface area contributed by atoms with Gasteiger partial charge in [-0.2, -0.15) is 0 Å². The molecule has 0 amide bonds. The Kier molecular flexibility index (Phi) is 4.21. The number of para-hydroxylation sites is 1. The minimum Gasteiger partial charge on any atom is -0.347 e. The number of hydrogen-bond donors (Lipinski definition) is 0. The van der Waals surface area contributed by atoms with Crippen LogP contribution in [0.5, 0.6) is 0 Å². The van der Waals surface area contributed by atoms with Crippen LogP contribution in [0.1, 0.15) is 26.3 Å². The molecule has 0 bridgehead atoms. The van der Waals surface area contributed by atoms with Gasteiger partial charge in [0.25, 0.3) is 0 Å². The second kappa shape index (κ2) is 6.05. The third kappa shape index (κ3) is 2.73. The number of hydrogen-bond acceptors (Lipinski definition) is 6. The lowest BCUT2D eigenvalue weighted by Crippen LogP contribution is -2.25. The maximum absolute atomic E-state index is 12.7. The second-order valence-corrected chi connectivity index (χ2v) is 7.79. The number of anilines is 1. The van der Waals surface area contributed by atoms with Gasteiger partial charge in [-0.05, 0) is 29.0 Å². The van der Waals surface area contributed by atoms with E-state index >= 15 is 0 Å². The van der Waals surface area contributed by atoms with Gasteiger partial charge in [0.1, 0.15) is 0 Å². The average molecular weight is 343 g/mol. The molecule has 126 valence electrons. The fraction of sp³-hybridized carbons (Fsp3) is 0.412. The zero-order valence-electron chi connectivity index (χ0n) is 14.5. The number of thioether (sulfide) groups is 1. The Balaban J connectivity index is 1.86. The van der Waals surface area contributed by atoms with Gasteiger partial charge in [-0.25, -0.2) is 4.68 Å². The quantitative estimate of drug-likeness (QED) is 0.628. The van der Waals surface area contributed by atoms with Crippen LogP contribution in [0.3, 0.4) is 0 Å². The predicted molar refractivity (Wildman–Crippen MR) is 95.1 cm³/mol. The van der Waals surface area contributed by atoms with Crippen LogP contribution in [0.2, 0.25) is 0 Å². The number of tetrazole rings is 1. The van der Waals surface area contributed by atoms with Crippen molar-refractivity contribution >= 4 is 23.2 Å². The molecule has 1 atom stereocenters. The number of benzene rings is 1. The monoisotopic (exact) mass is 343 g/mol. The van der Waals surface area contributed by atoms with Gasteiger partial charge in [0.15, 0.2) is 5.78 Å². The third-order valence-corrected chi connectivity index (χ3v) is 5.63. The normalized spacial score (nSPS) is 18.7. The number of nitrogens with zero attached hydrogens (tertiary/aromatic N) is 5. The molecule has 0 saturated heterocycles. The van der Waals surface area contributed by atoms with Crippen molar-refractivity contribution in [1.82, 2.24) is 20.2 Å². The van der Waals surface area contributed by atoms with E-state index in [4.69, 9.17) is 0 Å². The van der Waals surface area contributed by atoms with Crippen molar-refractivity contribution in [2.24, 2.45) is 7.05 Å². The number of carbonyl (C=O) groups is 1. The summed E-state index contributed by atoms with van der Waals surface area (Å²) in [6.07, 6.45) is 1.77. The lowest BCUT2D eigenvalue weighted by molar-refractivity contribution is -0.114. The zero-order chi connectivity index (χ0) is 17.5. The molecule has 0 radical (unpaired) electrons.